The Kier molecular flexibility index (Phi) is 6.52. The van der Waals surface area contributed by atoms with Crippen molar-refractivity contribution in [1.82, 2.24) is 0 Å². The second kappa shape index (κ2) is 9.03. The lowest BCUT2D eigenvalue weighted by Crippen LogP contribution is -2.15. The summed E-state index contributed by atoms with van der Waals surface area (Å²) in [5.74, 6) is 2.80. The fourth-order valence-electron chi connectivity index (χ4n) is 4.28. The maximum Gasteiger partial charge on any atom is 0.000355 e. The molecule has 2 aromatic rings. The van der Waals surface area contributed by atoms with Gasteiger partial charge in [-0.05, 0) is 59.9 Å². The molecule has 0 unspecified atom stereocenters. The minimum Gasteiger partial charge on any atom is -0.161 e. The molecule has 2 saturated heterocycles. The first-order valence-electron chi connectivity index (χ1n) is 9.63. The van der Waals surface area contributed by atoms with Gasteiger partial charge in [0.25, 0.3) is 0 Å². The molecule has 0 spiro atoms. The molecule has 0 bridgehead atoms. The molecular weight excluding hydrogens is 358 g/mol. The van der Waals surface area contributed by atoms with Crippen molar-refractivity contribution in [2.24, 2.45) is 0 Å². The molecule has 0 saturated carbocycles. The molecule has 0 radical (unpaired) electrons. The zero-order chi connectivity index (χ0) is 16.9. The molecule has 25 heavy (non-hydrogen) atoms. The van der Waals surface area contributed by atoms with Gasteiger partial charge in [-0.1, -0.05) is 76.5 Å². The number of thioether (sulfide) groups is 1. The number of rotatable bonds is 6. The topological polar surface area (TPSA) is 0 Å². The summed E-state index contributed by atoms with van der Waals surface area (Å²) in [5.41, 5.74) is 1.93. The molecule has 0 nitrogen and oxygen atoms in total. The van der Waals surface area contributed by atoms with E-state index in [-0.39, 0.29) is 15.8 Å². The van der Waals surface area contributed by atoms with Crippen LogP contribution < -0.4 is 10.6 Å². The quantitative estimate of drug-likeness (QED) is 0.577. The smallest absolute Gasteiger partial charge is 0.000355 e. The Balaban J connectivity index is 1.31. The molecule has 0 amide bonds. The Morgan fingerprint density at radius 3 is 1.56 bits per heavy atom. The highest BCUT2D eigenvalue weighted by molar-refractivity contribution is 8.00. The fourth-order valence-corrected chi connectivity index (χ4v) is 12.6. The van der Waals surface area contributed by atoms with Crippen LogP contribution in [0.15, 0.2) is 60.7 Å². The SMILES string of the molecule is c1ccc([P@@]2CCC[C@@H]2CSC[C@H]2CCC[P@@]2c2ccccc2)cc1. The summed E-state index contributed by atoms with van der Waals surface area (Å²) in [6.07, 6.45) is 8.75. The lowest BCUT2D eigenvalue weighted by molar-refractivity contribution is 0.832. The largest absolute Gasteiger partial charge is 0.161 e. The Morgan fingerprint density at radius 1 is 0.680 bits per heavy atom. The van der Waals surface area contributed by atoms with Gasteiger partial charge in [-0.2, -0.15) is 11.8 Å². The molecule has 4 atom stereocenters. The average Bonchev–Trinajstić information content (AvgIpc) is 3.33. The number of hydrogen-bond acceptors (Lipinski definition) is 1. The molecular formula is C22H28P2S. The van der Waals surface area contributed by atoms with Gasteiger partial charge in [0, 0.05) is 11.5 Å². The lowest BCUT2D eigenvalue weighted by atomic mass is 10.3. The van der Waals surface area contributed by atoms with E-state index in [4.69, 9.17) is 0 Å². The first-order valence-corrected chi connectivity index (χ1v) is 14.0. The van der Waals surface area contributed by atoms with E-state index in [2.05, 4.69) is 72.4 Å². The van der Waals surface area contributed by atoms with Crippen LogP contribution in [0.1, 0.15) is 25.7 Å². The van der Waals surface area contributed by atoms with Crippen LogP contribution >= 0.6 is 27.6 Å². The molecule has 0 aromatic heterocycles. The van der Waals surface area contributed by atoms with Gasteiger partial charge in [-0.25, -0.2) is 0 Å². The monoisotopic (exact) mass is 386 g/mol. The van der Waals surface area contributed by atoms with Crippen LogP contribution in [0.25, 0.3) is 0 Å². The van der Waals surface area contributed by atoms with Gasteiger partial charge in [-0.3, -0.25) is 0 Å². The molecule has 2 heterocycles. The van der Waals surface area contributed by atoms with Crippen LogP contribution in [0.4, 0.5) is 0 Å². The van der Waals surface area contributed by atoms with Crippen LogP contribution in [0.2, 0.25) is 0 Å². The molecule has 0 N–H and O–H groups in total. The van der Waals surface area contributed by atoms with Crippen molar-refractivity contribution in [2.75, 3.05) is 23.8 Å². The highest BCUT2D eigenvalue weighted by atomic mass is 32.2. The van der Waals surface area contributed by atoms with Crippen LogP contribution in [-0.2, 0) is 0 Å². The van der Waals surface area contributed by atoms with Crippen molar-refractivity contribution in [1.29, 1.82) is 0 Å². The van der Waals surface area contributed by atoms with E-state index in [0.717, 1.165) is 11.3 Å². The van der Waals surface area contributed by atoms with Crippen molar-refractivity contribution >= 4 is 38.2 Å². The highest BCUT2D eigenvalue weighted by Crippen LogP contribution is 2.52. The molecule has 3 heteroatoms. The predicted molar refractivity (Wildman–Crippen MR) is 119 cm³/mol. The lowest BCUT2D eigenvalue weighted by Gasteiger charge is -2.23. The van der Waals surface area contributed by atoms with Gasteiger partial charge >= 0.3 is 0 Å². The van der Waals surface area contributed by atoms with Crippen LogP contribution in [-0.4, -0.2) is 35.1 Å². The number of benzene rings is 2. The normalized spacial score (nSPS) is 29.1. The van der Waals surface area contributed by atoms with E-state index in [1.54, 1.807) is 10.6 Å². The Labute approximate surface area is 159 Å². The second-order valence-electron chi connectivity index (χ2n) is 7.19. The standard InChI is InChI=1S/C22H28P2S/c1-3-9-19(10-4-1)23-15-7-13-21(23)17-25-18-22-14-8-16-24(22)20-11-5-2-6-12-20/h1-6,9-12,21-22H,7-8,13-18H2/t21-,22-,23-,24+/m1/s1. The Morgan fingerprint density at radius 2 is 1.12 bits per heavy atom. The third-order valence-electron chi connectivity index (χ3n) is 5.55. The maximum atomic E-state index is 2.38. The first kappa shape index (κ1) is 18.0. The molecule has 2 fully saturated rings. The van der Waals surface area contributed by atoms with E-state index in [1.807, 2.05) is 0 Å². The highest BCUT2D eigenvalue weighted by Gasteiger charge is 2.30. The summed E-state index contributed by atoms with van der Waals surface area (Å²) < 4.78 is 0. The summed E-state index contributed by atoms with van der Waals surface area (Å²) in [7, 11) is 0.204. The summed E-state index contributed by atoms with van der Waals surface area (Å²) in [4.78, 5) is 0. The second-order valence-corrected chi connectivity index (χ2v) is 13.5. The van der Waals surface area contributed by atoms with Crippen molar-refractivity contribution in [3.8, 4) is 0 Å². The summed E-state index contributed by atoms with van der Waals surface area (Å²) in [6.45, 7) is 0. The first-order chi connectivity index (χ1) is 12.4. The Bertz CT molecular complexity index is 588. The summed E-state index contributed by atoms with van der Waals surface area (Å²) >= 11 is 2.28. The molecule has 4 rings (SSSR count). The van der Waals surface area contributed by atoms with Gasteiger partial charge in [0.05, 0.1) is 0 Å². The van der Waals surface area contributed by atoms with E-state index in [1.165, 1.54) is 49.5 Å². The van der Waals surface area contributed by atoms with Crippen molar-refractivity contribution in [3.05, 3.63) is 60.7 Å². The zero-order valence-corrected chi connectivity index (χ0v) is 17.5. The van der Waals surface area contributed by atoms with E-state index in [0.29, 0.717) is 0 Å². The van der Waals surface area contributed by atoms with Gasteiger partial charge in [-0.15, -0.1) is 0 Å². The summed E-state index contributed by atoms with van der Waals surface area (Å²) in [6, 6.07) is 22.7. The third kappa shape index (κ3) is 4.50. The van der Waals surface area contributed by atoms with Crippen molar-refractivity contribution < 1.29 is 0 Å². The maximum absolute atomic E-state index is 2.38. The van der Waals surface area contributed by atoms with E-state index < -0.39 is 0 Å². The van der Waals surface area contributed by atoms with Gasteiger partial charge < -0.3 is 0 Å². The van der Waals surface area contributed by atoms with Crippen molar-refractivity contribution in [2.45, 2.75) is 37.0 Å². The Hall–Kier alpha value is -0.350. The molecule has 0 aliphatic carbocycles. The minimum atomic E-state index is 0.102. The molecule has 2 aliphatic heterocycles. The predicted octanol–water partition coefficient (Wildman–Crippen LogP) is 5.66. The molecule has 2 aromatic carbocycles. The summed E-state index contributed by atoms with van der Waals surface area (Å²) in [5, 5.41) is 3.29. The fraction of sp³-hybridized carbons (Fsp3) is 0.455. The minimum absolute atomic E-state index is 0.102. The van der Waals surface area contributed by atoms with Gasteiger partial charge in [0.1, 0.15) is 0 Å². The molecule has 2 aliphatic rings. The molecule has 132 valence electrons. The zero-order valence-electron chi connectivity index (χ0n) is 14.9. The third-order valence-corrected chi connectivity index (χ3v) is 13.5. The number of hydrogen-bond donors (Lipinski definition) is 0. The van der Waals surface area contributed by atoms with E-state index in [9.17, 15) is 0 Å². The van der Waals surface area contributed by atoms with Crippen molar-refractivity contribution in [3.63, 3.8) is 0 Å². The average molecular weight is 386 g/mol. The van der Waals surface area contributed by atoms with Crippen LogP contribution in [0.3, 0.4) is 0 Å². The van der Waals surface area contributed by atoms with Gasteiger partial charge in [0.15, 0.2) is 0 Å². The van der Waals surface area contributed by atoms with E-state index >= 15 is 0 Å². The van der Waals surface area contributed by atoms with Crippen LogP contribution in [0, 0.1) is 0 Å². The van der Waals surface area contributed by atoms with Gasteiger partial charge in [0.2, 0.25) is 0 Å². The van der Waals surface area contributed by atoms with Crippen LogP contribution in [0.5, 0.6) is 0 Å².